The smallest absolute Gasteiger partial charge is 0.0962 e. The van der Waals surface area contributed by atoms with E-state index in [1.54, 1.807) is 11.3 Å². The SMILES string of the molecule is CCC(C)CC(C)(O)c1cccs1. The molecule has 0 aliphatic carbocycles. The van der Waals surface area contributed by atoms with Gasteiger partial charge >= 0.3 is 0 Å². The fourth-order valence-electron chi connectivity index (χ4n) is 1.51. The predicted molar refractivity (Wildman–Crippen MR) is 58.0 cm³/mol. The lowest BCUT2D eigenvalue weighted by molar-refractivity contribution is 0.0355. The molecule has 1 N–H and O–H groups in total. The Morgan fingerprint density at radius 3 is 2.77 bits per heavy atom. The molecular formula is C11H18OS. The van der Waals surface area contributed by atoms with Crippen LogP contribution >= 0.6 is 11.3 Å². The van der Waals surface area contributed by atoms with Crippen molar-refractivity contribution in [2.45, 2.75) is 39.2 Å². The number of rotatable bonds is 4. The summed E-state index contributed by atoms with van der Waals surface area (Å²) >= 11 is 1.63. The summed E-state index contributed by atoms with van der Waals surface area (Å²) in [6.07, 6.45) is 1.98. The molecule has 1 aromatic heterocycles. The highest BCUT2D eigenvalue weighted by Crippen LogP contribution is 2.32. The number of hydrogen-bond acceptors (Lipinski definition) is 2. The Morgan fingerprint density at radius 1 is 1.62 bits per heavy atom. The Labute approximate surface area is 84.4 Å². The fourth-order valence-corrected chi connectivity index (χ4v) is 2.31. The van der Waals surface area contributed by atoms with E-state index in [0.717, 1.165) is 17.7 Å². The first-order valence-electron chi connectivity index (χ1n) is 4.82. The van der Waals surface area contributed by atoms with Crippen LogP contribution in [0.25, 0.3) is 0 Å². The van der Waals surface area contributed by atoms with Gasteiger partial charge in [-0.05, 0) is 30.7 Å². The third-order valence-electron chi connectivity index (χ3n) is 2.49. The van der Waals surface area contributed by atoms with Crippen LogP contribution in [-0.2, 0) is 5.60 Å². The third kappa shape index (κ3) is 2.82. The zero-order valence-electron chi connectivity index (χ0n) is 8.58. The molecule has 0 bridgehead atoms. The van der Waals surface area contributed by atoms with Gasteiger partial charge in [-0.3, -0.25) is 0 Å². The van der Waals surface area contributed by atoms with Gasteiger partial charge < -0.3 is 5.11 Å². The van der Waals surface area contributed by atoms with Crippen LogP contribution < -0.4 is 0 Å². The molecule has 0 aromatic carbocycles. The topological polar surface area (TPSA) is 20.2 Å². The molecule has 74 valence electrons. The van der Waals surface area contributed by atoms with Crippen LogP contribution in [0.15, 0.2) is 17.5 Å². The van der Waals surface area contributed by atoms with E-state index in [2.05, 4.69) is 13.8 Å². The largest absolute Gasteiger partial charge is 0.385 e. The van der Waals surface area contributed by atoms with Gasteiger partial charge in [0.15, 0.2) is 0 Å². The summed E-state index contributed by atoms with van der Waals surface area (Å²) in [5.41, 5.74) is -0.635. The normalized spacial score (nSPS) is 18.2. The molecule has 0 spiro atoms. The van der Waals surface area contributed by atoms with Gasteiger partial charge in [0.05, 0.1) is 5.60 Å². The van der Waals surface area contributed by atoms with Crippen LogP contribution in [-0.4, -0.2) is 5.11 Å². The monoisotopic (exact) mass is 198 g/mol. The van der Waals surface area contributed by atoms with E-state index in [4.69, 9.17) is 0 Å². The van der Waals surface area contributed by atoms with Crippen LogP contribution in [0, 0.1) is 5.92 Å². The highest BCUT2D eigenvalue weighted by atomic mass is 32.1. The van der Waals surface area contributed by atoms with E-state index in [9.17, 15) is 5.11 Å². The summed E-state index contributed by atoms with van der Waals surface area (Å²) in [5.74, 6) is 0.581. The molecule has 2 atom stereocenters. The van der Waals surface area contributed by atoms with Crippen LogP contribution in [0.1, 0.15) is 38.5 Å². The average Bonchev–Trinajstić information content (AvgIpc) is 2.55. The molecule has 1 rings (SSSR count). The van der Waals surface area contributed by atoms with E-state index in [0.29, 0.717) is 5.92 Å². The van der Waals surface area contributed by atoms with Gasteiger partial charge in [0, 0.05) is 4.88 Å². The average molecular weight is 198 g/mol. The minimum Gasteiger partial charge on any atom is -0.385 e. The number of thiophene rings is 1. The summed E-state index contributed by atoms with van der Waals surface area (Å²) in [7, 11) is 0. The van der Waals surface area contributed by atoms with Crippen molar-refractivity contribution in [1.29, 1.82) is 0 Å². The van der Waals surface area contributed by atoms with E-state index < -0.39 is 5.60 Å². The quantitative estimate of drug-likeness (QED) is 0.786. The number of aliphatic hydroxyl groups is 1. The Bertz CT molecular complexity index is 239. The van der Waals surface area contributed by atoms with Crippen molar-refractivity contribution >= 4 is 11.3 Å². The molecule has 0 fully saturated rings. The van der Waals surface area contributed by atoms with Crippen molar-refractivity contribution in [3.63, 3.8) is 0 Å². The van der Waals surface area contributed by atoms with E-state index >= 15 is 0 Å². The van der Waals surface area contributed by atoms with Crippen molar-refractivity contribution in [1.82, 2.24) is 0 Å². The lowest BCUT2D eigenvalue weighted by Crippen LogP contribution is -2.22. The molecule has 0 radical (unpaired) electrons. The van der Waals surface area contributed by atoms with Crippen molar-refractivity contribution in [2.24, 2.45) is 5.92 Å². The highest BCUT2D eigenvalue weighted by Gasteiger charge is 2.25. The van der Waals surface area contributed by atoms with Gasteiger partial charge in [-0.2, -0.15) is 0 Å². The standard InChI is InChI=1S/C11H18OS/c1-4-9(2)8-11(3,12)10-6-5-7-13-10/h5-7,9,12H,4,8H2,1-3H3. The zero-order chi connectivity index (χ0) is 9.90. The minimum absolute atomic E-state index is 0.581. The lowest BCUT2D eigenvalue weighted by atomic mass is 9.90. The van der Waals surface area contributed by atoms with Gasteiger partial charge in [0.1, 0.15) is 0 Å². The molecular weight excluding hydrogens is 180 g/mol. The molecule has 2 unspecified atom stereocenters. The summed E-state index contributed by atoms with van der Waals surface area (Å²) in [6, 6.07) is 4.00. The Kier molecular flexibility index (Phi) is 3.51. The molecule has 1 aromatic rings. The molecule has 13 heavy (non-hydrogen) atoms. The minimum atomic E-state index is -0.635. The predicted octanol–water partition coefficient (Wildman–Crippen LogP) is 3.39. The maximum atomic E-state index is 10.2. The first kappa shape index (κ1) is 10.7. The first-order chi connectivity index (χ1) is 6.06. The van der Waals surface area contributed by atoms with Gasteiger partial charge in [-0.15, -0.1) is 11.3 Å². The van der Waals surface area contributed by atoms with E-state index in [-0.39, 0.29) is 0 Å². The van der Waals surface area contributed by atoms with Crippen molar-refractivity contribution in [3.05, 3.63) is 22.4 Å². The summed E-state index contributed by atoms with van der Waals surface area (Å²) in [5, 5.41) is 12.2. The summed E-state index contributed by atoms with van der Waals surface area (Å²) < 4.78 is 0. The van der Waals surface area contributed by atoms with Crippen molar-refractivity contribution in [3.8, 4) is 0 Å². The van der Waals surface area contributed by atoms with Gasteiger partial charge in [-0.1, -0.05) is 26.3 Å². The van der Waals surface area contributed by atoms with Gasteiger partial charge in [0.2, 0.25) is 0 Å². The summed E-state index contributed by atoms with van der Waals surface area (Å²) in [4.78, 5) is 1.08. The molecule has 0 amide bonds. The second-order valence-corrected chi connectivity index (χ2v) is 4.92. The second-order valence-electron chi connectivity index (χ2n) is 3.97. The molecule has 1 heterocycles. The Balaban J connectivity index is 2.66. The first-order valence-corrected chi connectivity index (χ1v) is 5.70. The van der Waals surface area contributed by atoms with E-state index in [1.165, 1.54) is 0 Å². The van der Waals surface area contributed by atoms with Crippen molar-refractivity contribution < 1.29 is 5.11 Å². The Morgan fingerprint density at radius 2 is 2.31 bits per heavy atom. The molecule has 0 aliphatic heterocycles. The van der Waals surface area contributed by atoms with Crippen LogP contribution in [0.3, 0.4) is 0 Å². The maximum Gasteiger partial charge on any atom is 0.0962 e. The molecule has 0 saturated heterocycles. The van der Waals surface area contributed by atoms with Gasteiger partial charge in [-0.25, -0.2) is 0 Å². The molecule has 1 nitrogen and oxygen atoms in total. The molecule has 2 heteroatoms. The third-order valence-corrected chi connectivity index (χ3v) is 3.62. The van der Waals surface area contributed by atoms with Gasteiger partial charge in [0.25, 0.3) is 0 Å². The van der Waals surface area contributed by atoms with E-state index in [1.807, 2.05) is 24.4 Å². The molecule has 0 saturated carbocycles. The van der Waals surface area contributed by atoms with Crippen LogP contribution in [0.5, 0.6) is 0 Å². The highest BCUT2D eigenvalue weighted by molar-refractivity contribution is 7.10. The zero-order valence-corrected chi connectivity index (χ0v) is 9.40. The maximum absolute atomic E-state index is 10.2. The Hall–Kier alpha value is -0.340. The summed E-state index contributed by atoms with van der Waals surface area (Å²) in [6.45, 7) is 6.25. The number of hydrogen-bond donors (Lipinski definition) is 1. The second kappa shape index (κ2) is 4.25. The molecule has 0 aliphatic rings. The lowest BCUT2D eigenvalue weighted by Gasteiger charge is -2.25. The van der Waals surface area contributed by atoms with Crippen LogP contribution in [0.2, 0.25) is 0 Å². The van der Waals surface area contributed by atoms with Crippen LogP contribution in [0.4, 0.5) is 0 Å². The van der Waals surface area contributed by atoms with Crippen molar-refractivity contribution in [2.75, 3.05) is 0 Å². The fraction of sp³-hybridized carbons (Fsp3) is 0.636.